The predicted molar refractivity (Wildman–Crippen MR) is 102 cm³/mol. The fraction of sp³-hybridized carbons (Fsp3) is 0.450. The standard InChI is InChI=1S/C20H23N5O2/c1-23-19(26)17-18(25-15-10-6-9-14(15)21-20(23)25)22-16(12-27-2)24(17)11-13-7-4-3-5-8-13/h3-5,7-8,14-15H,6,9-12H2,1-2H3/t14-,15+/m1/s1. The van der Waals surface area contributed by atoms with Crippen molar-refractivity contribution >= 4 is 17.7 Å². The number of amides is 1. The highest BCUT2D eigenvalue weighted by molar-refractivity contribution is 6.18. The summed E-state index contributed by atoms with van der Waals surface area (Å²) >= 11 is 0. The maximum absolute atomic E-state index is 13.2. The number of fused-ring (bicyclic) bond motifs is 5. The van der Waals surface area contributed by atoms with Crippen molar-refractivity contribution in [3.63, 3.8) is 0 Å². The van der Waals surface area contributed by atoms with E-state index < -0.39 is 0 Å². The van der Waals surface area contributed by atoms with Crippen LogP contribution in [0, 0.1) is 0 Å². The van der Waals surface area contributed by atoms with Crippen LogP contribution < -0.4 is 4.90 Å². The molecule has 1 aromatic carbocycles. The van der Waals surface area contributed by atoms with Crippen LogP contribution in [-0.4, -0.2) is 52.6 Å². The van der Waals surface area contributed by atoms with Gasteiger partial charge in [0.25, 0.3) is 5.91 Å². The van der Waals surface area contributed by atoms with Gasteiger partial charge in [-0.1, -0.05) is 30.3 Å². The van der Waals surface area contributed by atoms with Crippen molar-refractivity contribution in [2.24, 2.45) is 4.99 Å². The Hall–Kier alpha value is -2.67. The van der Waals surface area contributed by atoms with Crippen molar-refractivity contribution in [2.75, 3.05) is 19.1 Å². The summed E-state index contributed by atoms with van der Waals surface area (Å²) in [5, 5.41) is 0. The van der Waals surface area contributed by atoms with Crippen molar-refractivity contribution < 1.29 is 9.53 Å². The van der Waals surface area contributed by atoms with E-state index in [1.807, 2.05) is 29.8 Å². The molecule has 1 fully saturated rings. The summed E-state index contributed by atoms with van der Waals surface area (Å²) in [5.41, 5.74) is 1.77. The fourth-order valence-corrected chi connectivity index (χ4v) is 4.52. The molecule has 0 radical (unpaired) electrons. The van der Waals surface area contributed by atoms with Gasteiger partial charge in [0.2, 0.25) is 5.96 Å². The van der Waals surface area contributed by atoms with Crippen LogP contribution in [0.5, 0.6) is 0 Å². The normalized spacial score (nSPS) is 23.3. The third-order valence-electron chi connectivity index (χ3n) is 5.79. The summed E-state index contributed by atoms with van der Waals surface area (Å²) in [4.78, 5) is 26.8. The van der Waals surface area contributed by atoms with Crippen molar-refractivity contribution in [1.82, 2.24) is 14.5 Å². The minimum Gasteiger partial charge on any atom is -0.377 e. The van der Waals surface area contributed by atoms with Gasteiger partial charge in [-0.2, -0.15) is 0 Å². The number of carbonyl (C=O) groups excluding carboxylic acids is 1. The fourth-order valence-electron chi connectivity index (χ4n) is 4.52. The summed E-state index contributed by atoms with van der Waals surface area (Å²) in [5.74, 6) is 2.21. The van der Waals surface area contributed by atoms with Gasteiger partial charge in [-0.25, -0.2) is 9.98 Å². The Kier molecular flexibility index (Phi) is 3.79. The number of anilines is 1. The Balaban J connectivity index is 1.65. The van der Waals surface area contributed by atoms with Gasteiger partial charge in [0.15, 0.2) is 11.5 Å². The molecule has 0 unspecified atom stereocenters. The topological polar surface area (TPSA) is 63.0 Å². The molecule has 1 aliphatic carbocycles. The highest BCUT2D eigenvalue weighted by Gasteiger charge is 2.49. The number of imidazole rings is 1. The minimum absolute atomic E-state index is 0.0502. The highest BCUT2D eigenvalue weighted by atomic mass is 16.5. The van der Waals surface area contributed by atoms with E-state index >= 15 is 0 Å². The molecule has 5 rings (SSSR count). The van der Waals surface area contributed by atoms with Gasteiger partial charge in [-0.3, -0.25) is 14.6 Å². The molecule has 0 spiro atoms. The van der Waals surface area contributed by atoms with Crippen LogP contribution in [-0.2, 0) is 17.9 Å². The SMILES string of the molecule is COCc1nc2c(n1Cc1ccccc1)C(=O)N(C)C1=N[C@@H]3CCC[C@@H]3N12. The zero-order valence-electron chi connectivity index (χ0n) is 15.6. The van der Waals surface area contributed by atoms with Crippen molar-refractivity contribution in [3.05, 3.63) is 47.4 Å². The van der Waals surface area contributed by atoms with E-state index in [0.29, 0.717) is 24.9 Å². The number of ether oxygens (including phenoxy) is 1. The third kappa shape index (κ3) is 2.41. The molecule has 3 aliphatic rings. The second-order valence-electron chi connectivity index (χ2n) is 7.43. The number of hydrogen-bond acceptors (Lipinski definition) is 5. The smallest absolute Gasteiger partial charge is 0.280 e. The van der Waals surface area contributed by atoms with E-state index in [2.05, 4.69) is 17.0 Å². The van der Waals surface area contributed by atoms with Crippen LogP contribution in [0.1, 0.15) is 41.1 Å². The lowest BCUT2D eigenvalue weighted by Crippen LogP contribution is -2.51. The lowest BCUT2D eigenvalue weighted by Gasteiger charge is -2.34. The monoisotopic (exact) mass is 365 g/mol. The molecule has 2 aromatic rings. The summed E-state index contributed by atoms with van der Waals surface area (Å²) in [6.45, 7) is 0.959. The summed E-state index contributed by atoms with van der Waals surface area (Å²) in [6, 6.07) is 10.7. The zero-order valence-corrected chi connectivity index (χ0v) is 15.6. The van der Waals surface area contributed by atoms with Gasteiger partial charge in [0.05, 0.1) is 12.1 Å². The number of aromatic nitrogens is 2. The molecular formula is C20H23N5O2. The number of nitrogens with zero attached hydrogens (tertiary/aromatic N) is 5. The zero-order chi connectivity index (χ0) is 18.5. The first-order valence-corrected chi connectivity index (χ1v) is 9.46. The van der Waals surface area contributed by atoms with Gasteiger partial charge in [-0.15, -0.1) is 0 Å². The van der Waals surface area contributed by atoms with Crippen LogP contribution in [0.25, 0.3) is 0 Å². The van der Waals surface area contributed by atoms with Gasteiger partial charge in [0.1, 0.15) is 12.4 Å². The predicted octanol–water partition coefficient (Wildman–Crippen LogP) is 2.26. The van der Waals surface area contributed by atoms with Crippen LogP contribution >= 0.6 is 0 Å². The molecule has 7 heteroatoms. The third-order valence-corrected chi connectivity index (χ3v) is 5.79. The van der Waals surface area contributed by atoms with Crippen LogP contribution in [0.15, 0.2) is 35.3 Å². The quantitative estimate of drug-likeness (QED) is 0.834. The molecule has 2 aliphatic heterocycles. The Morgan fingerprint density at radius 1 is 1.22 bits per heavy atom. The largest absolute Gasteiger partial charge is 0.377 e. The first-order valence-electron chi connectivity index (χ1n) is 9.46. The molecular weight excluding hydrogens is 342 g/mol. The van der Waals surface area contributed by atoms with E-state index in [-0.39, 0.29) is 11.9 Å². The second kappa shape index (κ2) is 6.20. The maximum atomic E-state index is 13.2. The van der Waals surface area contributed by atoms with Gasteiger partial charge < -0.3 is 9.30 Å². The summed E-state index contributed by atoms with van der Waals surface area (Å²) in [6.07, 6.45) is 3.34. The number of methoxy groups -OCH3 is 1. The number of hydrogen-bond donors (Lipinski definition) is 0. The van der Waals surface area contributed by atoms with Crippen LogP contribution in [0.3, 0.4) is 0 Å². The van der Waals surface area contributed by atoms with Gasteiger partial charge in [-0.05, 0) is 24.8 Å². The molecule has 2 atom stereocenters. The Labute approximate surface area is 158 Å². The molecule has 0 N–H and O–H groups in total. The molecule has 3 heterocycles. The lowest BCUT2D eigenvalue weighted by atomic mass is 10.1. The molecule has 1 aromatic heterocycles. The van der Waals surface area contributed by atoms with Gasteiger partial charge >= 0.3 is 0 Å². The molecule has 1 saturated carbocycles. The van der Waals surface area contributed by atoms with E-state index in [1.54, 1.807) is 12.0 Å². The molecule has 0 saturated heterocycles. The van der Waals surface area contributed by atoms with E-state index in [0.717, 1.165) is 36.0 Å². The Morgan fingerprint density at radius 2 is 2.04 bits per heavy atom. The van der Waals surface area contributed by atoms with E-state index in [1.165, 1.54) is 6.42 Å². The first-order chi connectivity index (χ1) is 13.2. The lowest BCUT2D eigenvalue weighted by molar-refractivity contribution is 0.0853. The number of aliphatic imine (C=N–C) groups is 1. The Morgan fingerprint density at radius 3 is 2.81 bits per heavy atom. The number of rotatable bonds is 4. The summed E-state index contributed by atoms with van der Waals surface area (Å²) < 4.78 is 7.39. The average Bonchev–Trinajstić information content (AvgIpc) is 3.35. The molecule has 1 amide bonds. The first kappa shape index (κ1) is 16.5. The highest BCUT2D eigenvalue weighted by Crippen LogP contribution is 2.40. The molecule has 7 nitrogen and oxygen atoms in total. The molecule has 27 heavy (non-hydrogen) atoms. The maximum Gasteiger partial charge on any atom is 0.280 e. The van der Waals surface area contributed by atoms with Crippen LogP contribution in [0.2, 0.25) is 0 Å². The summed E-state index contributed by atoms with van der Waals surface area (Å²) in [7, 11) is 3.47. The Bertz CT molecular complexity index is 920. The second-order valence-corrected chi connectivity index (χ2v) is 7.43. The van der Waals surface area contributed by atoms with Crippen molar-refractivity contribution in [1.29, 1.82) is 0 Å². The minimum atomic E-state index is -0.0502. The molecule has 140 valence electrons. The van der Waals surface area contributed by atoms with Crippen molar-refractivity contribution in [3.8, 4) is 0 Å². The number of benzene rings is 1. The van der Waals surface area contributed by atoms with E-state index in [4.69, 9.17) is 14.7 Å². The molecule has 0 bridgehead atoms. The average molecular weight is 365 g/mol. The van der Waals surface area contributed by atoms with Gasteiger partial charge in [0, 0.05) is 20.7 Å². The van der Waals surface area contributed by atoms with Crippen molar-refractivity contribution in [2.45, 2.75) is 44.5 Å². The number of carbonyl (C=O) groups is 1. The number of guanidine groups is 1. The van der Waals surface area contributed by atoms with Crippen LogP contribution in [0.4, 0.5) is 5.82 Å². The van der Waals surface area contributed by atoms with E-state index in [9.17, 15) is 4.79 Å².